The molecule has 1 rings (SSSR count). The molecule has 2 unspecified atom stereocenters. The molecule has 0 saturated carbocycles. The van der Waals surface area contributed by atoms with Crippen LogP contribution in [0.25, 0.3) is 0 Å². The number of nitrogens with zero attached hydrogens (tertiary/aromatic N) is 1. The Labute approximate surface area is 164 Å². The van der Waals surface area contributed by atoms with Gasteiger partial charge in [0.15, 0.2) is 0 Å². The average Bonchev–Trinajstić information content (AvgIpc) is 2.70. The predicted octanol–water partition coefficient (Wildman–Crippen LogP) is 5.06. The number of rotatable bonds is 11. The molecular weight excluding hydrogens is 340 g/mol. The van der Waals surface area contributed by atoms with Gasteiger partial charge in [-0.3, -0.25) is 4.79 Å². The second kappa shape index (κ2) is 16.0. The van der Waals surface area contributed by atoms with Crippen LogP contribution in [-0.2, 0) is 14.3 Å². The fourth-order valence-corrected chi connectivity index (χ4v) is 1.97. The van der Waals surface area contributed by atoms with E-state index in [1.807, 2.05) is 37.3 Å². The van der Waals surface area contributed by atoms with E-state index in [9.17, 15) is 4.79 Å². The Hall–Kier alpha value is -2.16. The maximum Gasteiger partial charge on any atom is 0.247 e. The van der Waals surface area contributed by atoms with Gasteiger partial charge in [-0.05, 0) is 49.5 Å². The van der Waals surface area contributed by atoms with Crippen molar-refractivity contribution in [2.45, 2.75) is 59.0 Å². The molecule has 1 aromatic carbocycles. The van der Waals surface area contributed by atoms with Gasteiger partial charge in [-0.2, -0.15) is 5.26 Å². The van der Waals surface area contributed by atoms with Crippen molar-refractivity contribution in [3.8, 4) is 6.07 Å². The van der Waals surface area contributed by atoms with Crippen LogP contribution >= 0.6 is 0 Å². The van der Waals surface area contributed by atoms with Crippen LogP contribution in [0, 0.1) is 11.3 Å². The third-order valence-electron chi connectivity index (χ3n) is 4.11. The van der Waals surface area contributed by atoms with Gasteiger partial charge in [-0.25, -0.2) is 0 Å². The first kappa shape index (κ1) is 24.8. The summed E-state index contributed by atoms with van der Waals surface area (Å²) in [6.45, 7) is 13.6. The Bertz CT molecular complexity index is 564. The number of carbonyl (C=O) groups excluding carboxylic acids is 1. The highest BCUT2D eigenvalue weighted by Gasteiger charge is 2.02. The molecule has 0 aliphatic heterocycles. The van der Waals surface area contributed by atoms with Crippen LogP contribution in [0.1, 0.15) is 58.4 Å². The van der Waals surface area contributed by atoms with Gasteiger partial charge in [0, 0.05) is 5.69 Å². The van der Waals surface area contributed by atoms with Gasteiger partial charge in [-0.1, -0.05) is 39.5 Å². The van der Waals surface area contributed by atoms with E-state index < -0.39 is 0 Å². The molecule has 150 valence electrons. The number of nitriles is 1. The first-order valence-corrected chi connectivity index (χ1v) is 9.58. The summed E-state index contributed by atoms with van der Waals surface area (Å²) in [7, 11) is 0. The van der Waals surface area contributed by atoms with E-state index in [1.54, 1.807) is 0 Å². The Balaban J connectivity index is 0.000000516. The van der Waals surface area contributed by atoms with Gasteiger partial charge in [0.25, 0.3) is 0 Å². The first-order valence-electron chi connectivity index (χ1n) is 9.58. The number of amides is 1. The van der Waals surface area contributed by atoms with Crippen LogP contribution in [0.3, 0.4) is 0 Å². The Morgan fingerprint density at radius 3 is 2.37 bits per heavy atom. The van der Waals surface area contributed by atoms with Crippen molar-refractivity contribution in [3.05, 3.63) is 42.5 Å². The SMILES string of the molecule is C=CC(=O)Nc1ccc(C(C)CC)cc1.CCC(C)OCCOCCC#N. The Morgan fingerprint density at radius 1 is 1.19 bits per heavy atom. The lowest BCUT2D eigenvalue weighted by atomic mass is 9.99. The largest absolute Gasteiger partial charge is 0.378 e. The summed E-state index contributed by atoms with van der Waals surface area (Å²) in [5, 5.41) is 10.9. The molecule has 0 aromatic heterocycles. The maximum absolute atomic E-state index is 11.0. The number of hydrogen-bond donors (Lipinski definition) is 1. The Morgan fingerprint density at radius 2 is 1.85 bits per heavy atom. The van der Waals surface area contributed by atoms with Gasteiger partial charge in [0.05, 0.1) is 38.4 Å². The lowest BCUT2D eigenvalue weighted by Crippen LogP contribution is -2.12. The van der Waals surface area contributed by atoms with Crippen molar-refractivity contribution >= 4 is 11.6 Å². The normalized spacial score (nSPS) is 12.1. The van der Waals surface area contributed by atoms with Crippen molar-refractivity contribution in [1.82, 2.24) is 0 Å². The van der Waals surface area contributed by atoms with Crippen LogP contribution in [0.4, 0.5) is 5.69 Å². The van der Waals surface area contributed by atoms with E-state index >= 15 is 0 Å². The fraction of sp³-hybridized carbons (Fsp3) is 0.545. The monoisotopic (exact) mass is 374 g/mol. The molecule has 27 heavy (non-hydrogen) atoms. The highest BCUT2D eigenvalue weighted by Crippen LogP contribution is 2.20. The molecule has 0 aliphatic carbocycles. The van der Waals surface area contributed by atoms with Crippen molar-refractivity contribution in [3.63, 3.8) is 0 Å². The molecule has 0 spiro atoms. The molecule has 1 amide bonds. The van der Waals surface area contributed by atoms with Gasteiger partial charge < -0.3 is 14.8 Å². The summed E-state index contributed by atoms with van der Waals surface area (Å²) >= 11 is 0. The average molecular weight is 375 g/mol. The molecule has 0 heterocycles. The lowest BCUT2D eigenvalue weighted by molar-refractivity contribution is -0.111. The number of hydrogen-bond acceptors (Lipinski definition) is 4. The first-order chi connectivity index (χ1) is 13.0. The van der Waals surface area contributed by atoms with Crippen molar-refractivity contribution in [2.24, 2.45) is 0 Å². The summed E-state index contributed by atoms with van der Waals surface area (Å²) in [5.74, 6) is 0.389. The minimum atomic E-state index is -0.175. The zero-order chi connectivity index (χ0) is 20.5. The van der Waals surface area contributed by atoms with Crippen molar-refractivity contribution in [1.29, 1.82) is 5.26 Å². The molecule has 5 heteroatoms. The molecular formula is C22H34N2O3. The van der Waals surface area contributed by atoms with E-state index in [2.05, 4.69) is 32.7 Å². The number of nitrogens with one attached hydrogen (secondary N) is 1. The minimum Gasteiger partial charge on any atom is -0.378 e. The summed E-state index contributed by atoms with van der Waals surface area (Å²) in [6.07, 6.45) is 4.19. The molecule has 0 saturated heterocycles. The maximum atomic E-state index is 11.0. The van der Waals surface area contributed by atoms with Gasteiger partial charge in [0.1, 0.15) is 0 Å². The van der Waals surface area contributed by atoms with Crippen molar-refractivity contribution < 1.29 is 14.3 Å². The van der Waals surface area contributed by atoms with E-state index in [0.717, 1.165) is 18.5 Å². The molecule has 0 bridgehead atoms. The molecule has 1 N–H and O–H groups in total. The summed E-state index contributed by atoms with van der Waals surface area (Å²) in [4.78, 5) is 11.0. The summed E-state index contributed by atoms with van der Waals surface area (Å²) in [5.41, 5.74) is 2.11. The third-order valence-corrected chi connectivity index (χ3v) is 4.11. The van der Waals surface area contributed by atoms with Crippen LogP contribution in [0.5, 0.6) is 0 Å². The van der Waals surface area contributed by atoms with E-state index in [-0.39, 0.29) is 5.91 Å². The molecule has 0 aliphatic rings. The number of anilines is 1. The van der Waals surface area contributed by atoms with E-state index in [0.29, 0.717) is 38.3 Å². The van der Waals surface area contributed by atoms with E-state index in [4.69, 9.17) is 14.7 Å². The third kappa shape index (κ3) is 12.8. The molecule has 5 nitrogen and oxygen atoms in total. The second-order valence-corrected chi connectivity index (χ2v) is 6.23. The number of carbonyl (C=O) groups is 1. The Kier molecular flexibility index (Phi) is 14.8. The summed E-state index contributed by atoms with van der Waals surface area (Å²) < 4.78 is 10.5. The molecule has 0 fully saturated rings. The summed E-state index contributed by atoms with van der Waals surface area (Å²) in [6, 6.07) is 9.95. The zero-order valence-electron chi connectivity index (χ0n) is 17.2. The van der Waals surface area contributed by atoms with Gasteiger partial charge in [0.2, 0.25) is 5.91 Å². The van der Waals surface area contributed by atoms with Gasteiger partial charge >= 0.3 is 0 Å². The topological polar surface area (TPSA) is 71.3 Å². The smallest absolute Gasteiger partial charge is 0.247 e. The quantitative estimate of drug-likeness (QED) is 0.434. The number of benzene rings is 1. The van der Waals surface area contributed by atoms with Gasteiger partial charge in [-0.15, -0.1) is 0 Å². The predicted molar refractivity (Wildman–Crippen MR) is 111 cm³/mol. The highest BCUT2D eigenvalue weighted by molar-refractivity contribution is 5.98. The zero-order valence-corrected chi connectivity index (χ0v) is 17.2. The van der Waals surface area contributed by atoms with Crippen LogP contribution in [0.15, 0.2) is 36.9 Å². The number of ether oxygens (including phenoxy) is 2. The van der Waals surface area contributed by atoms with Crippen molar-refractivity contribution in [2.75, 3.05) is 25.1 Å². The highest BCUT2D eigenvalue weighted by atomic mass is 16.5. The second-order valence-electron chi connectivity index (χ2n) is 6.23. The minimum absolute atomic E-state index is 0.175. The fourth-order valence-electron chi connectivity index (χ4n) is 1.97. The molecule has 1 aromatic rings. The molecule has 0 radical (unpaired) electrons. The van der Waals surface area contributed by atoms with Crippen LogP contribution in [0.2, 0.25) is 0 Å². The van der Waals surface area contributed by atoms with E-state index in [1.165, 1.54) is 11.6 Å². The van der Waals surface area contributed by atoms with Crippen LogP contribution < -0.4 is 5.32 Å². The molecule has 2 atom stereocenters. The van der Waals surface area contributed by atoms with Crippen LogP contribution in [-0.4, -0.2) is 31.8 Å². The standard InChI is InChI=1S/C13H17NO.C9H17NO2/c1-4-10(3)11-6-8-12(9-7-11)14-13(15)5-2;1-3-9(2)12-8-7-11-6-4-5-10/h5-10H,2,4H2,1,3H3,(H,14,15);9H,3-4,6-8H2,1-2H3. The lowest BCUT2D eigenvalue weighted by Gasteiger charge is -2.09.